The van der Waals surface area contributed by atoms with Crippen LogP contribution in [0, 0.1) is 0 Å². The van der Waals surface area contributed by atoms with Crippen molar-refractivity contribution in [3.63, 3.8) is 0 Å². The van der Waals surface area contributed by atoms with Gasteiger partial charge in [-0.15, -0.1) is 0 Å². The molecule has 0 fully saturated rings. The molecule has 1 aromatic rings. The summed E-state index contributed by atoms with van der Waals surface area (Å²) in [7, 11) is 0. The van der Waals surface area contributed by atoms with Gasteiger partial charge in [0, 0.05) is 37.7 Å². The summed E-state index contributed by atoms with van der Waals surface area (Å²) in [4.78, 5) is 30.3. The Bertz CT molecular complexity index is 375. The smallest absolute Gasteiger partial charge is 0.221 e. The molecule has 1 atom stereocenters. The number of aromatic amines is 1. The summed E-state index contributed by atoms with van der Waals surface area (Å²) in [5.74, 6) is -0.149. The van der Waals surface area contributed by atoms with Crippen LogP contribution in [0.5, 0.6) is 0 Å². The molecule has 0 spiro atoms. The summed E-state index contributed by atoms with van der Waals surface area (Å²) in [5.41, 5.74) is 6.15. The number of nitrogens with two attached hydrogens (primary N) is 1. The molecule has 0 saturated heterocycles. The van der Waals surface area contributed by atoms with Crippen molar-refractivity contribution in [2.45, 2.75) is 38.6 Å². The average molecular weight is 252 g/mol. The van der Waals surface area contributed by atoms with E-state index in [0.717, 1.165) is 12.1 Å². The maximum atomic E-state index is 11.9. The standard InChI is InChI=1S/C12H20N4O2/c1-2-3-11(17)10(16-12(18)4-5-13)6-9-7-14-8-15-9/h7-8,10H,2-6,13H2,1H3,(H,14,15)(H,16,18)/t10-/m0/s1. The van der Waals surface area contributed by atoms with Gasteiger partial charge in [-0.05, 0) is 6.42 Å². The van der Waals surface area contributed by atoms with E-state index in [2.05, 4.69) is 15.3 Å². The summed E-state index contributed by atoms with van der Waals surface area (Å²) >= 11 is 0. The number of carbonyl (C=O) groups is 2. The van der Waals surface area contributed by atoms with Crippen LogP contribution in [0.2, 0.25) is 0 Å². The summed E-state index contributed by atoms with van der Waals surface area (Å²) in [6, 6.07) is -0.496. The van der Waals surface area contributed by atoms with Crippen molar-refractivity contribution < 1.29 is 9.59 Å². The van der Waals surface area contributed by atoms with Crippen molar-refractivity contribution in [3.8, 4) is 0 Å². The van der Waals surface area contributed by atoms with Crippen LogP contribution in [-0.2, 0) is 16.0 Å². The van der Waals surface area contributed by atoms with Gasteiger partial charge >= 0.3 is 0 Å². The fourth-order valence-electron chi connectivity index (χ4n) is 1.68. The SMILES string of the molecule is CCCC(=O)[C@H](Cc1cnc[nH]1)NC(=O)CCN. The Labute approximate surface area is 106 Å². The number of carbonyl (C=O) groups excluding carboxylic acids is 2. The van der Waals surface area contributed by atoms with Gasteiger partial charge < -0.3 is 16.0 Å². The van der Waals surface area contributed by atoms with Crippen LogP contribution in [0.25, 0.3) is 0 Å². The minimum atomic E-state index is -0.496. The number of hydrogen-bond acceptors (Lipinski definition) is 4. The van der Waals surface area contributed by atoms with Gasteiger partial charge in [0.2, 0.25) is 5.91 Å². The summed E-state index contributed by atoms with van der Waals surface area (Å²) < 4.78 is 0. The normalized spacial score (nSPS) is 12.1. The highest BCUT2D eigenvalue weighted by atomic mass is 16.2. The van der Waals surface area contributed by atoms with E-state index in [4.69, 9.17) is 5.73 Å². The molecule has 0 aliphatic heterocycles. The van der Waals surface area contributed by atoms with Crippen molar-refractivity contribution in [2.24, 2.45) is 5.73 Å². The highest BCUT2D eigenvalue weighted by Gasteiger charge is 2.20. The molecular formula is C12H20N4O2. The highest BCUT2D eigenvalue weighted by molar-refractivity contribution is 5.89. The molecule has 1 rings (SSSR count). The molecule has 1 amide bonds. The molecule has 0 aliphatic rings. The van der Waals surface area contributed by atoms with Gasteiger partial charge in [0.15, 0.2) is 5.78 Å². The van der Waals surface area contributed by atoms with Crippen LogP contribution in [0.1, 0.15) is 31.9 Å². The molecule has 0 saturated carbocycles. The number of ketones is 1. The number of H-pyrrole nitrogens is 1. The zero-order chi connectivity index (χ0) is 13.4. The molecule has 0 aromatic carbocycles. The van der Waals surface area contributed by atoms with E-state index in [1.807, 2.05) is 6.92 Å². The number of nitrogens with zero attached hydrogens (tertiary/aromatic N) is 1. The lowest BCUT2D eigenvalue weighted by atomic mass is 10.0. The Morgan fingerprint density at radius 1 is 1.50 bits per heavy atom. The summed E-state index contributed by atoms with van der Waals surface area (Å²) in [5, 5.41) is 2.72. The first kappa shape index (κ1) is 14.4. The summed E-state index contributed by atoms with van der Waals surface area (Å²) in [6.07, 6.45) is 5.11. The molecule has 1 heterocycles. The Kier molecular flexibility index (Phi) is 6.07. The van der Waals surface area contributed by atoms with Gasteiger partial charge in [-0.1, -0.05) is 6.92 Å². The fraction of sp³-hybridized carbons (Fsp3) is 0.583. The van der Waals surface area contributed by atoms with Crippen molar-refractivity contribution in [3.05, 3.63) is 18.2 Å². The Morgan fingerprint density at radius 3 is 2.83 bits per heavy atom. The molecule has 1 aromatic heterocycles. The van der Waals surface area contributed by atoms with E-state index in [-0.39, 0.29) is 24.7 Å². The molecule has 100 valence electrons. The zero-order valence-electron chi connectivity index (χ0n) is 10.6. The first-order valence-electron chi connectivity index (χ1n) is 6.16. The second-order valence-electron chi connectivity index (χ2n) is 4.16. The number of rotatable bonds is 8. The number of nitrogens with one attached hydrogen (secondary N) is 2. The molecule has 0 radical (unpaired) electrons. The largest absolute Gasteiger partial charge is 0.348 e. The molecule has 4 N–H and O–H groups in total. The molecule has 6 heteroatoms. The molecule has 0 aliphatic carbocycles. The van der Waals surface area contributed by atoms with Crippen LogP contribution >= 0.6 is 0 Å². The first-order valence-corrected chi connectivity index (χ1v) is 6.16. The van der Waals surface area contributed by atoms with E-state index in [9.17, 15) is 9.59 Å². The minimum absolute atomic E-state index is 0.0393. The number of imidazole rings is 1. The highest BCUT2D eigenvalue weighted by Crippen LogP contribution is 2.04. The van der Waals surface area contributed by atoms with Crippen LogP contribution in [0.4, 0.5) is 0 Å². The van der Waals surface area contributed by atoms with Gasteiger partial charge in [0.25, 0.3) is 0 Å². The van der Waals surface area contributed by atoms with Gasteiger partial charge in [0.05, 0.1) is 12.4 Å². The van der Waals surface area contributed by atoms with Crippen LogP contribution < -0.4 is 11.1 Å². The fourth-order valence-corrected chi connectivity index (χ4v) is 1.68. The second kappa shape index (κ2) is 7.60. The number of amides is 1. The Balaban J connectivity index is 2.62. The lowest BCUT2D eigenvalue weighted by Gasteiger charge is -2.16. The molecule has 0 unspecified atom stereocenters. The third-order valence-corrected chi connectivity index (χ3v) is 2.57. The van der Waals surface area contributed by atoms with Crippen molar-refractivity contribution in [2.75, 3.05) is 6.54 Å². The first-order chi connectivity index (χ1) is 8.67. The van der Waals surface area contributed by atoms with Crippen LogP contribution in [-0.4, -0.2) is 34.2 Å². The average Bonchev–Trinajstić information content (AvgIpc) is 2.81. The predicted molar refractivity (Wildman–Crippen MR) is 67.8 cm³/mol. The third kappa shape index (κ3) is 4.67. The maximum Gasteiger partial charge on any atom is 0.221 e. The van der Waals surface area contributed by atoms with Gasteiger partial charge in [-0.2, -0.15) is 0 Å². The monoisotopic (exact) mass is 252 g/mol. The van der Waals surface area contributed by atoms with Crippen molar-refractivity contribution in [1.29, 1.82) is 0 Å². The van der Waals surface area contributed by atoms with E-state index >= 15 is 0 Å². The Hall–Kier alpha value is -1.69. The van der Waals surface area contributed by atoms with E-state index in [0.29, 0.717) is 12.8 Å². The number of Topliss-reactive ketones (excluding diaryl/α,β-unsaturated/α-hetero) is 1. The Morgan fingerprint density at radius 2 is 2.28 bits per heavy atom. The van der Waals surface area contributed by atoms with Gasteiger partial charge in [-0.25, -0.2) is 4.98 Å². The zero-order valence-corrected chi connectivity index (χ0v) is 10.6. The van der Waals surface area contributed by atoms with E-state index in [1.54, 1.807) is 12.5 Å². The second-order valence-corrected chi connectivity index (χ2v) is 4.16. The number of hydrogen-bond donors (Lipinski definition) is 3. The lowest BCUT2D eigenvalue weighted by Crippen LogP contribution is -2.43. The lowest BCUT2D eigenvalue weighted by molar-refractivity contribution is -0.127. The quantitative estimate of drug-likeness (QED) is 0.613. The summed E-state index contributed by atoms with van der Waals surface area (Å²) in [6.45, 7) is 2.22. The molecule has 18 heavy (non-hydrogen) atoms. The topological polar surface area (TPSA) is 101 Å². The number of aromatic nitrogens is 2. The third-order valence-electron chi connectivity index (χ3n) is 2.57. The van der Waals surface area contributed by atoms with Gasteiger partial charge in [0.1, 0.15) is 0 Å². The van der Waals surface area contributed by atoms with E-state index < -0.39 is 6.04 Å². The molecule has 0 bridgehead atoms. The molecule has 6 nitrogen and oxygen atoms in total. The van der Waals surface area contributed by atoms with Crippen molar-refractivity contribution >= 4 is 11.7 Å². The van der Waals surface area contributed by atoms with Crippen LogP contribution in [0.3, 0.4) is 0 Å². The van der Waals surface area contributed by atoms with Gasteiger partial charge in [-0.3, -0.25) is 9.59 Å². The maximum absolute atomic E-state index is 11.9. The van der Waals surface area contributed by atoms with Crippen molar-refractivity contribution in [1.82, 2.24) is 15.3 Å². The predicted octanol–water partition coefficient (Wildman–Crippen LogP) is 0.155. The van der Waals surface area contributed by atoms with Crippen LogP contribution in [0.15, 0.2) is 12.5 Å². The minimum Gasteiger partial charge on any atom is -0.348 e. The molecular weight excluding hydrogens is 232 g/mol. The van der Waals surface area contributed by atoms with E-state index in [1.165, 1.54) is 0 Å².